The van der Waals surface area contributed by atoms with Crippen molar-refractivity contribution in [2.75, 3.05) is 52.7 Å². The molecule has 0 spiro atoms. The number of nitrogens with one attached hydrogen (secondary N) is 3. The van der Waals surface area contributed by atoms with E-state index in [1.165, 1.54) is 4.88 Å². The van der Waals surface area contributed by atoms with Gasteiger partial charge in [-0.3, -0.25) is 28.7 Å². The van der Waals surface area contributed by atoms with Crippen LogP contribution in [0, 0.1) is 33.1 Å². The molecule has 5 aromatic rings. The van der Waals surface area contributed by atoms with Gasteiger partial charge in [0.2, 0.25) is 23.6 Å². The second kappa shape index (κ2) is 22.8. The minimum Gasteiger partial charge on any atom is -0.377 e. The van der Waals surface area contributed by atoms with Crippen molar-refractivity contribution in [3.8, 4) is 15.4 Å². The highest BCUT2D eigenvalue weighted by Gasteiger charge is 2.42. The lowest BCUT2D eigenvalue weighted by atomic mass is 9.85. The second-order valence-corrected chi connectivity index (χ2v) is 20.5. The summed E-state index contributed by atoms with van der Waals surface area (Å²) in [5.74, 6) is 0.184. The number of fused-ring (bicyclic) bond motifs is 3. The van der Waals surface area contributed by atoms with Gasteiger partial charge in [0, 0.05) is 40.7 Å². The van der Waals surface area contributed by atoms with Crippen LogP contribution in [0.1, 0.15) is 90.5 Å². The van der Waals surface area contributed by atoms with E-state index in [1.807, 2.05) is 93.2 Å². The molecule has 0 saturated carbocycles. The summed E-state index contributed by atoms with van der Waals surface area (Å²) < 4.78 is 18.9. The number of aliphatic imine (C=N–C) groups is 1. The van der Waals surface area contributed by atoms with Gasteiger partial charge in [-0.05, 0) is 74.8 Å². The molecule has 2 aromatic carbocycles. The van der Waals surface area contributed by atoms with E-state index in [-0.39, 0.29) is 57.2 Å². The average molecular weight is 987 g/mol. The van der Waals surface area contributed by atoms with E-state index in [1.54, 1.807) is 27.6 Å². The van der Waals surface area contributed by atoms with Crippen LogP contribution in [0.3, 0.4) is 0 Å². The Morgan fingerprint density at radius 1 is 0.868 bits per heavy atom. The number of carbonyl (C=O) groups is 4. The molecular weight excluding hydrogens is 926 g/mol. The highest BCUT2D eigenvalue weighted by Crippen LogP contribution is 2.40. The molecular formula is C49H60ClN9O7S2. The molecule has 7 rings (SSSR count). The van der Waals surface area contributed by atoms with Gasteiger partial charge in [0.25, 0.3) is 0 Å². The van der Waals surface area contributed by atoms with Gasteiger partial charge in [-0.25, -0.2) is 4.98 Å². The van der Waals surface area contributed by atoms with Crippen LogP contribution in [0.25, 0.3) is 15.4 Å². The molecule has 5 heterocycles. The van der Waals surface area contributed by atoms with Crippen molar-refractivity contribution < 1.29 is 33.4 Å². The van der Waals surface area contributed by atoms with Crippen molar-refractivity contribution in [3.05, 3.63) is 104 Å². The summed E-state index contributed by atoms with van der Waals surface area (Å²) in [6.45, 7) is 15.7. The van der Waals surface area contributed by atoms with Crippen molar-refractivity contribution in [1.29, 1.82) is 0 Å². The number of aryl methyl sites for hydroxylation is 3. The average Bonchev–Trinajstić information content (AvgIpc) is 4.11. The molecule has 0 radical (unpaired) electrons. The SMILES string of the molecule is Cc1ncsc1-c1ccc(CNC(=O)[C@@H]2CCCN2C(=O)[C@@H](NC(=O)COCCOCCOCCNC(=O)C[C@@H]2N=C(c3ccc(Cl)cc3)c3c(sc(C)c3C)-n3c(C)nnc32)C(C)(C)C)cc1. The monoisotopic (exact) mass is 985 g/mol. The fourth-order valence-electron chi connectivity index (χ4n) is 8.23. The molecule has 0 bridgehead atoms. The molecule has 3 aromatic heterocycles. The third-order valence-electron chi connectivity index (χ3n) is 12.0. The van der Waals surface area contributed by atoms with E-state index in [0.29, 0.717) is 49.9 Å². The number of carbonyl (C=O) groups excluding carboxylic acids is 4. The lowest BCUT2D eigenvalue weighted by Gasteiger charge is -2.35. The van der Waals surface area contributed by atoms with E-state index >= 15 is 0 Å². The Kier molecular flexibility index (Phi) is 17.0. The Labute approximate surface area is 410 Å². The third-order valence-corrected chi connectivity index (χ3v) is 14.4. The first-order valence-corrected chi connectivity index (χ1v) is 24.9. The Bertz CT molecular complexity index is 2600. The van der Waals surface area contributed by atoms with E-state index in [2.05, 4.69) is 45.0 Å². The predicted molar refractivity (Wildman–Crippen MR) is 264 cm³/mol. The van der Waals surface area contributed by atoms with E-state index in [0.717, 1.165) is 54.9 Å². The lowest BCUT2D eigenvalue weighted by Crippen LogP contribution is -2.58. The van der Waals surface area contributed by atoms with Gasteiger partial charge in [0.15, 0.2) is 5.82 Å². The molecule has 1 saturated heterocycles. The van der Waals surface area contributed by atoms with Gasteiger partial charge in [-0.15, -0.1) is 32.9 Å². The van der Waals surface area contributed by atoms with Gasteiger partial charge in [0.1, 0.15) is 35.6 Å². The number of hydrogen-bond donors (Lipinski definition) is 3. The second-order valence-electron chi connectivity index (χ2n) is 18.0. The maximum Gasteiger partial charge on any atom is 0.246 e. The molecule has 2 aliphatic heterocycles. The molecule has 3 atom stereocenters. The Morgan fingerprint density at radius 3 is 2.25 bits per heavy atom. The summed E-state index contributed by atoms with van der Waals surface area (Å²) in [4.78, 5) is 67.0. The first-order valence-electron chi connectivity index (χ1n) is 22.8. The number of thiophene rings is 1. The topological polar surface area (TPSA) is 191 Å². The van der Waals surface area contributed by atoms with Crippen LogP contribution in [0.15, 0.2) is 59.0 Å². The number of rotatable bonds is 20. The highest BCUT2D eigenvalue weighted by molar-refractivity contribution is 7.15. The molecule has 3 N–H and O–H groups in total. The van der Waals surface area contributed by atoms with E-state index in [9.17, 15) is 19.2 Å². The Balaban J connectivity index is 0.789. The van der Waals surface area contributed by atoms with Crippen LogP contribution < -0.4 is 16.0 Å². The molecule has 0 aliphatic carbocycles. The summed E-state index contributed by atoms with van der Waals surface area (Å²) in [7, 11) is 0. The van der Waals surface area contributed by atoms with Crippen LogP contribution in [-0.2, 0) is 39.9 Å². The van der Waals surface area contributed by atoms with Gasteiger partial charge < -0.3 is 35.1 Å². The van der Waals surface area contributed by atoms with E-state index < -0.39 is 29.4 Å². The third kappa shape index (κ3) is 12.3. The maximum atomic E-state index is 13.9. The van der Waals surface area contributed by atoms with Gasteiger partial charge >= 0.3 is 0 Å². The quantitative estimate of drug-likeness (QED) is 0.0714. The summed E-state index contributed by atoms with van der Waals surface area (Å²) in [5.41, 5.74) is 8.02. The number of likely N-dealkylation sites (tertiary alicyclic amines) is 1. The fourth-order valence-corrected chi connectivity index (χ4v) is 10.4. The zero-order valence-electron chi connectivity index (χ0n) is 39.6. The standard InChI is InChI=1S/C49H60ClN9O7S2/c1-29-31(3)68-48-41(29)42(34-14-16-36(50)17-15-34)54-37(45-57-56-32(4)59(45)48)25-39(60)51-18-20-64-21-22-65-23-24-66-27-40(61)55-44(49(5,6)7)47(63)58-19-8-9-38(58)46(62)52-26-33-10-12-35(13-11-33)43-30(2)53-28-67-43/h10-17,28,37-38,44H,8-9,18-27H2,1-7H3,(H,51,60)(H,52,62)(H,55,61)/t37-,38-,44+/m0/s1. The molecule has 19 heteroatoms. The first kappa shape index (κ1) is 50.5. The summed E-state index contributed by atoms with van der Waals surface area (Å²) in [6.07, 6.45) is 1.30. The Hall–Kier alpha value is -5.37. The number of benzene rings is 2. The highest BCUT2D eigenvalue weighted by atomic mass is 35.5. The molecule has 4 amide bonds. The first-order chi connectivity index (χ1) is 32.6. The predicted octanol–water partition coefficient (Wildman–Crippen LogP) is 6.63. The summed E-state index contributed by atoms with van der Waals surface area (Å²) in [6, 6.07) is 13.5. The number of halogens is 1. The molecule has 1 fully saturated rings. The van der Waals surface area contributed by atoms with Crippen LogP contribution in [-0.4, -0.2) is 119 Å². The van der Waals surface area contributed by atoms with Gasteiger partial charge in [0.05, 0.1) is 61.2 Å². The number of aromatic nitrogens is 4. The number of nitrogens with zero attached hydrogens (tertiary/aromatic N) is 6. The van der Waals surface area contributed by atoms with Crippen LogP contribution >= 0.6 is 34.3 Å². The number of hydrogen-bond acceptors (Lipinski definition) is 13. The molecule has 0 unspecified atom stereocenters. The minimum absolute atomic E-state index is 0.0698. The van der Waals surface area contributed by atoms with Gasteiger partial charge in [-0.2, -0.15) is 0 Å². The van der Waals surface area contributed by atoms with Crippen molar-refractivity contribution in [1.82, 2.24) is 40.6 Å². The molecule has 68 heavy (non-hydrogen) atoms. The van der Waals surface area contributed by atoms with Crippen molar-refractivity contribution >= 4 is 63.6 Å². The lowest BCUT2D eigenvalue weighted by molar-refractivity contribution is -0.144. The van der Waals surface area contributed by atoms with Gasteiger partial charge in [-0.1, -0.05) is 68.8 Å². The largest absolute Gasteiger partial charge is 0.377 e. The Morgan fingerprint density at radius 2 is 1.56 bits per heavy atom. The summed E-state index contributed by atoms with van der Waals surface area (Å²) >= 11 is 9.48. The zero-order chi connectivity index (χ0) is 48.5. The normalized spacial score (nSPS) is 16.1. The van der Waals surface area contributed by atoms with Crippen LogP contribution in [0.4, 0.5) is 0 Å². The maximum absolute atomic E-state index is 13.9. The zero-order valence-corrected chi connectivity index (χ0v) is 42.0. The molecule has 2 aliphatic rings. The smallest absolute Gasteiger partial charge is 0.246 e. The van der Waals surface area contributed by atoms with Crippen molar-refractivity contribution in [2.45, 2.75) is 92.4 Å². The van der Waals surface area contributed by atoms with Crippen LogP contribution in [0.2, 0.25) is 5.02 Å². The number of amides is 4. The molecule has 16 nitrogen and oxygen atoms in total. The van der Waals surface area contributed by atoms with Crippen molar-refractivity contribution in [2.24, 2.45) is 10.4 Å². The minimum atomic E-state index is -0.861. The molecule has 362 valence electrons. The van der Waals surface area contributed by atoms with Crippen molar-refractivity contribution in [3.63, 3.8) is 0 Å². The van der Waals surface area contributed by atoms with Crippen LogP contribution in [0.5, 0.6) is 0 Å². The summed E-state index contributed by atoms with van der Waals surface area (Å²) in [5, 5.41) is 19.3. The number of ether oxygens (including phenoxy) is 3. The fraction of sp³-hybridized carbons (Fsp3) is 0.469. The van der Waals surface area contributed by atoms with E-state index in [4.69, 9.17) is 30.8 Å². The number of thiazole rings is 1.